The lowest BCUT2D eigenvalue weighted by Gasteiger charge is -2.26. The Morgan fingerprint density at radius 3 is 2.57 bits per heavy atom. The second-order valence-corrected chi connectivity index (χ2v) is 7.55. The molecule has 5 nitrogen and oxygen atoms in total. The van der Waals surface area contributed by atoms with Crippen molar-refractivity contribution in [1.29, 1.82) is 0 Å². The number of hydrogen-bond donors (Lipinski definition) is 1. The van der Waals surface area contributed by atoms with Crippen LogP contribution in [0.15, 0.2) is 66.4 Å². The summed E-state index contributed by atoms with van der Waals surface area (Å²) >= 11 is 6.09. The van der Waals surface area contributed by atoms with Crippen molar-refractivity contribution in [2.24, 2.45) is 0 Å². The molecular weight excluding hydrogens is 404 g/mol. The molecule has 3 aromatic carbocycles. The molecule has 0 amide bonds. The van der Waals surface area contributed by atoms with Gasteiger partial charge in [0.05, 0.1) is 17.0 Å². The molecule has 6 heteroatoms. The van der Waals surface area contributed by atoms with Gasteiger partial charge in [0.2, 0.25) is 5.78 Å². The van der Waals surface area contributed by atoms with Gasteiger partial charge in [-0.05, 0) is 41.5 Å². The third-order valence-corrected chi connectivity index (χ3v) is 5.55. The van der Waals surface area contributed by atoms with E-state index in [1.807, 2.05) is 30.3 Å². The first kappa shape index (κ1) is 18.5. The highest BCUT2D eigenvalue weighted by Gasteiger charge is 2.38. The summed E-state index contributed by atoms with van der Waals surface area (Å²) in [7, 11) is 0. The van der Waals surface area contributed by atoms with Crippen LogP contribution < -0.4 is 9.47 Å². The zero-order chi connectivity index (χ0) is 20.8. The lowest BCUT2D eigenvalue weighted by atomic mass is 9.84. The zero-order valence-electron chi connectivity index (χ0n) is 15.6. The third kappa shape index (κ3) is 3.04. The smallest absolute Gasteiger partial charge is 0.312 e. The van der Waals surface area contributed by atoms with Crippen LogP contribution in [0, 0.1) is 0 Å². The number of hydrogen-bond acceptors (Lipinski definition) is 5. The van der Waals surface area contributed by atoms with Crippen molar-refractivity contribution in [3.8, 4) is 17.2 Å². The third-order valence-electron chi connectivity index (χ3n) is 5.25. The van der Waals surface area contributed by atoms with Crippen LogP contribution in [0.1, 0.15) is 39.4 Å². The molecule has 0 bridgehead atoms. The van der Waals surface area contributed by atoms with Crippen LogP contribution in [-0.2, 0) is 4.79 Å². The van der Waals surface area contributed by atoms with E-state index in [1.165, 1.54) is 6.07 Å². The first-order chi connectivity index (χ1) is 14.5. The predicted octanol–water partition coefficient (Wildman–Crippen LogP) is 5.10. The van der Waals surface area contributed by atoms with Gasteiger partial charge in [0.1, 0.15) is 17.2 Å². The number of fused-ring (bicyclic) bond motifs is 3. The van der Waals surface area contributed by atoms with Crippen molar-refractivity contribution in [3.05, 3.63) is 93.7 Å². The molecule has 0 saturated heterocycles. The Morgan fingerprint density at radius 1 is 1.00 bits per heavy atom. The van der Waals surface area contributed by atoms with E-state index in [2.05, 4.69) is 0 Å². The number of aromatic hydroxyl groups is 1. The molecule has 3 aromatic rings. The fourth-order valence-corrected chi connectivity index (χ4v) is 4.02. The van der Waals surface area contributed by atoms with Crippen LogP contribution in [0.25, 0.3) is 6.08 Å². The van der Waals surface area contributed by atoms with Gasteiger partial charge in [-0.25, -0.2) is 0 Å². The average molecular weight is 419 g/mol. The van der Waals surface area contributed by atoms with Crippen molar-refractivity contribution in [1.82, 2.24) is 0 Å². The maximum atomic E-state index is 12.9. The number of phenolic OH excluding ortho intramolecular Hbond substituents is 1. The van der Waals surface area contributed by atoms with Crippen molar-refractivity contribution >= 4 is 29.4 Å². The highest BCUT2D eigenvalue weighted by Crippen LogP contribution is 2.49. The summed E-state index contributed by atoms with van der Waals surface area (Å²) in [5.41, 5.74) is 2.61. The lowest BCUT2D eigenvalue weighted by molar-refractivity contribution is -0.135. The standard InChI is InChI=1S/C24H15ClO5/c25-17-11-14(6-8-18(17)26)16-12-21(27)29-19-9-7-15-23(28)20(30-24(15)22(16)19)10-13-4-2-1-3-5-13/h1-11,16,26H,12H2. The van der Waals surface area contributed by atoms with E-state index in [9.17, 15) is 14.7 Å². The van der Waals surface area contributed by atoms with Gasteiger partial charge in [0, 0.05) is 11.5 Å². The minimum Gasteiger partial charge on any atom is -0.506 e. The second kappa shape index (κ2) is 7.04. The predicted molar refractivity (Wildman–Crippen MR) is 111 cm³/mol. The van der Waals surface area contributed by atoms with Crippen molar-refractivity contribution in [2.45, 2.75) is 12.3 Å². The summed E-state index contributed by atoms with van der Waals surface area (Å²) in [6.45, 7) is 0. The highest BCUT2D eigenvalue weighted by atomic mass is 35.5. The largest absolute Gasteiger partial charge is 0.506 e. The molecule has 2 heterocycles. The van der Waals surface area contributed by atoms with Crippen LogP contribution in [0.4, 0.5) is 0 Å². The summed E-state index contributed by atoms with van der Waals surface area (Å²) in [5, 5.41) is 9.94. The Balaban J connectivity index is 1.63. The molecule has 0 aliphatic carbocycles. The molecule has 1 atom stereocenters. The fourth-order valence-electron chi connectivity index (χ4n) is 3.83. The van der Waals surface area contributed by atoms with Gasteiger partial charge in [-0.3, -0.25) is 9.59 Å². The van der Waals surface area contributed by atoms with E-state index in [0.717, 1.165) is 11.1 Å². The van der Waals surface area contributed by atoms with E-state index in [1.54, 1.807) is 30.3 Å². The van der Waals surface area contributed by atoms with Gasteiger partial charge in [-0.2, -0.15) is 0 Å². The Bertz CT molecular complexity index is 1230. The Morgan fingerprint density at radius 2 is 1.80 bits per heavy atom. The number of esters is 1. The SMILES string of the molecule is O=C1CC(c2ccc(O)c(Cl)c2)c2c(ccc3c2OC(=Cc2ccccc2)C3=O)O1. The van der Waals surface area contributed by atoms with Crippen LogP contribution >= 0.6 is 11.6 Å². The zero-order valence-corrected chi connectivity index (χ0v) is 16.3. The molecule has 30 heavy (non-hydrogen) atoms. The molecular formula is C24H15ClO5. The van der Waals surface area contributed by atoms with E-state index >= 15 is 0 Å². The number of carbonyl (C=O) groups excluding carboxylic acids is 2. The second-order valence-electron chi connectivity index (χ2n) is 7.15. The number of carbonyl (C=O) groups is 2. The Labute approximate surface area is 177 Å². The van der Waals surface area contributed by atoms with Crippen molar-refractivity contribution in [2.75, 3.05) is 0 Å². The molecule has 0 spiro atoms. The van der Waals surface area contributed by atoms with E-state index < -0.39 is 5.92 Å². The molecule has 0 saturated carbocycles. The number of rotatable bonds is 2. The van der Waals surface area contributed by atoms with E-state index in [0.29, 0.717) is 22.6 Å². The molecule has 1 unspecified atom stereocenters. The number of benzene rings is 3. The molecule has 0 aromatic heterocycles. The summed E-state index contributed by atoms with van der Waals surface area (Å²) in [5.74, 6) is -0.120. The molecule has 0 fully saturated rings. The number of allylic oxidation sites excluding steroid dienone is 1. The molecule has 5 rings (SSSR count). The van der Waals surface area contributed by atoms with Crippen LogP contribution in [0.2, 0.25) is 5.02 Å². The number of halogens is 1. The van der Waals surface area contributed by atoms with Crippen LogP contribution in [0.3, 0.4) is 0 Å². The Hall–Kier alpha value is -3.57. The average Bonchev–Trinajstić information content (AvgIpc) is 3.05. The molecule has 148 valence electrons. The topological polar surface area (TPSA) is 72.8 Å². The van der Waals surface area contributed by atoms with E-state index in [4.69, 9.17) is 21.1 Å². The summed E-state index contributed by atoms with van der Waals surface area (Å²) in [4.78, 5) is 25.1. The molecule has 2 aliphatic rings. The van der Waals surface area contributed by atoms with Crippen molar-refractivity contribution < 1.29 is 24.2 Å². The normalized spacial score (nSPS) is 18.6. The number of phenols is 1. The quantitative estimate of drug-likeness (QED) is 0.356. The maximum Gasteiger partial charge on any atom is 0.312 e. The van der Waals surface area contributed by atoms with E-state index in [-0.39, 0.29) is 34.7 Å². The van der Waals surface area contributed by atoms with Gasteiger partial charge in [-0.15, -0.1) is 0 Å². The van der Waals surface area contributed by atoms with Gasteiger partial charge < -0.3 is 14.6 Å². The number of ether oxygens (including phenoxy) is 2. The first-order valence-electron chi connectivity index (χ1n) is 9.36. The monoisotopic (exact) mass is 418 g/mol. The minimum absolute atomic E-state index is 0.0446. The molecule has 2 aliphatic heterocycles. The van der Waals surface area contributed by atoms with Crippen LogP contribution in [0.5, 0.6) is 17.2 Å². The number of ketones is 1. The summed E-state index contributed by atoms with van der Waals surface area (Å²) < 4.78 is 11.4. The Kier molecular flexibility index (Phi) is 4.33. The summed E-state index contributed by atoms with van der Waals surface area (Å²) in [6.07, 6.45) is 1.76. The van der Waals surface area contributed by atoms with Crippen molar-refractivity contribution in [3.63, 3.8) is 0 Å². The van der Waals surface area contributed by atoms with Gasteiger partial charge in [0.25, 0.3) is 0 Å². The van der Waals surface area contributed by atoms with Gasteiger partial charge >= 0.3 is 5.97 Å². The van der Waals surface area contributed by atoms with Gasteiger partial charge in [-0.1, -0.05) is 48.0 Å². The number of Topliss-reactive ketones (excluding diaryl/α,β-unsaturated/α-hetero) is 1. The lowest BCUT2D eigenvalue weighted by Crippen LogP contribution is -2.21. The molecule has 0 radical (unpaired) electrons. The summed E-state index contributed by atoms with van der Waals surface area (Å²) in [6, 6.07) is 17.4. The minimum atomic E-state index is -0.418. The fraction of sp³-hybridized carbons (Fsp3) is 0.0833. The van der Waals surface area contributed by atoms with Gasteiger partial charge in [0.15, 0.2) is 5.76 Å². The van der Waals surface area contributed by atoms with Crippen LogP contribution in [-0.4, -0.2) is 16.9 Å². The first-order valence-corrected chi connectivity index (χ1v) is 9.74. The maximum absolute atomic E-state index is 12.9. The molecule has 1 N–H and O–H groups in total. The highest BCUT2D eigenvalue weighted by molar-refractivity contribution is 6.32.